The molecule has 3 rings (SSSR count). The number of nitrogens with zero attached hydrogens (tertiary/aromatic N) is 2. The Balaban J connectivity index is 2.08. The number of carbonyl (C=O) groups excluding carboxylic acids is 1. The van der Waals surface area contributed by atoms with Crippen molar-refractivity contribution in [2.45, 2.75) is 32.6 Å². The Kier molecular flexibility index (Phi) is 2.94. The predicted molar refractivity (Wildman–Crippen MR) is 67.6 cm³/mol. The third-order valence-electron chi connectivity index (χ3n) is 3.19. The van der Waals surface area contributed by atoms with Gasteiger partial charge in [-0.25, -0.2) is 10.5 Å². The Morgan fingerprint density at radius 2 is 2.37 bits per heavy atom. The zero-order valence-corrected chi connectivity index (χ0v) is 10.9. The fourth-order valence-electron chi connectivity index (χ4n) is 2.07. The van der Waals surface area contributed by atoms with E-state index in [0.717, 1.165) is 18.5 Å². The van der Waals surface area contributed by atoms with Crippen molar-refractivity contribution in [2.75, 3.05) is 6.61 Å². The Bertz CT molecular complexity index is 631. The zero-order valence-electron chi connectivity index (χ0n) is 10.9. The number of hydrogen-bond donors (Lipinski definition) is 1. The molecule has 1 amide bonds. The van der Waals surface area contributed by atoms with Crippen LogP contribution < -0.4 is 5.48 Å². The number of aromatic nitrogens is 2. The van der Waals surface area contributed by atoms with E-state index in [0.29, 0.717) is 34.9 Å². The van der Waals surface area contributed by atoms with Crippen molar-refractivity contribution in [2.24, 2.45) is 0 Å². The molecule has 100 valence electrons. The number of amides is 1. The molecule has 2 aromatic rings. The zero-order chi connectivity index (χ0) is 13.4. The van der Waals surface area contributed by atoms with E-state index >= 15 is 0 Å². The van der Waals surface area contributed by atoms with Gasteiger partial charge in [0.1, 0.15) is 0 Å². The van der Waals surface area contributed by atoms with E-state index in [1.165, 1.54) is 0 Å². The summed E-state index contributed by atoms with van der Waals surface area (Å²) in [6.07, 6.45) is 2.22. The van der Waals surface area contributed by atoms with Crippen molar-refractivity contribution in [3.05, 3.63) is 23.0 Å². The van der Waals surface area contributed by atoms with E-state index in [9.17, 15) is 4.79 Å². The van der Waals surface area contributed by atoms with Gasteiger partial charge in [-0.15, -0.1) is 0 Å². The second-order valence-electron chi connectivity index (χ2n) is 4.68. The molecule has 1 saturated carbocycles. The molecule has 19 heavy (non-hydrogen) atoms. The normalized spacial score (nSPS) is 14.8. The van der Waals surface area contributed by atoms with Gasteiger partial charge in [0.2, 0.25) is 0 Å². The Hall–Kier alpha value is -1.95. The summed E-state index contributed by atoms with van der Waals surface area (Å²) in [5.41, 5.74) is 4.89. The molecule has 6 heteroatoms. The van der Waals surface area contributed by atoms with Gasteiger partial charge in [-0.1, -0.05) is 5.16 Å². The van der Waals surface area contributed by atoms with E-state index in [1.54, 1.807) is 6.92 Å². The maximum Gasteiger partial charge on any atom is 0.275 e. The van der Waals surface area contributed by atoms with Crippen LogP contribution in [0.25, 0.3) is 11.1 Å². The van der Waals surface area contributed by atoms with E-state index in [1.807, 2.05) is 13.0 Å². The monoisotopic (exact) mass is 261 g/mol. The van der Waals surface area contributed by atoms with Gasteiger partial charge in [-0.3, -0.25) is 9.63 Å². The second kappa shape index (κ2) is 4.62. The fraction of sp³-hybridized carbons (Fsp3) is 0.462. The molecular weight excluding hydrogens is 246 g/mol. The highest BCUT2D eigenvalue weighted by Gasteiger charge is 2.28. The Labute approximate surface area is 110 Å². The second-order valence-corrected chi connectivity index (χ2v) is 4.68. The summed E-state index contributed by atoms with van der Waals surface area (Å²) in [4.78, 5) is 21.5. The standard InChI is InChI=1S/C13H15N3O3/c1-3-18-16-12(17)9-6-10(8-4-5-8)14-13-11(9)7(2)15-19-13/h6,8H,3-5H2,1-2H3,(H,16,17). The molecule has 2 heterocycles. The number of fused-ring (bicyclic) bond motifs is 1. The number of carbonyl (C=O) groups is 1. The third-order valence-corrected chi connectivity index (χ3v) is 3.19. The van der Waals surface area contributed by atoms with Crippen molar-refractivity contribution >= 4 is 17.0 Å². The largest absolute Gasteiger partial charge is 0.336 e. The van der Waals surface area contributed by atoms with Gasteiger partial charge in [0.25, 0.3) is 11.6 Å². The molecule has 0 atom stereocenters. The van der Waals surface area contributed by atoms with Crippen molar-refractivity contribution in [1.82, 2.24) is 15.6 Å². The molecule has 1 N–H and O–H groups in total. The van der Waals surface area contributed by atoms with Crippen molar-refractivity contribution in [1.29, 1.82) is 0 Å². The first-order valence-corrected chi connectivity index (χ1v) is 6.39. The molecule has 0 aliphatic heterocycles. The van der Waals surface area contributed by atoms with Crippen LogP contribution in [0, 0.1) is 6.92 Å². The molecule has 0 radical (unpaired) electrons. The van der Waals surface area contributed by atoms with Crippen LogP contribution in [-0.2, 0) is 4.84 Å². The quantitative estimate of drug-likeness (QED) is 0.853. The topological polar surface area (TPSA) is 77.2 Å². The number of hydroxylamine groups is 1. The van der Waals surface area contributed by atoms with Crippen LogP contribution in [0.2, 0.25) is 0 Å². The minimum Gasteiger partial charge on any atom is -0.336 e. The van der Waals surface area contributed by atoms with E-state index in [-0.39, 0.29) is 5.91 Å². The van der Waals surface area contributed by atoms with E-state index in [2.05, 4.69) is 15.6 Å². The average molecular weight is 261 g/mol. The maximum atomic E-state index is 12.1. The minimum atomic E-state index is -0.289. The lowest BCUT2D eigenvalue weighted by Gasteiger charge is -2.06. The molecule has 1 fully saturated rings. The highest BCUT2D eigenvalue weighted by atomic mass is 16.6. The fourth-order valence-corrected chi connectivity index (χ4v) is 2.07. The van der Waals surface area contributed by atoms with Crippen LogP contribution in [0.5, 0.6) is 0 Å². The SMILES string of the molecule is CCONC(=O)c1cc(C2CC2)nc2onc(C)c12. The average Bonchev–Trinajstić information content (AvgIpc) is 3.20. The van der Waals surface area contributed by atoms with Crippen LogP contribution in [0.4, 0.5) is 0 Å². The maximum absolute atomic E-state index is 12.1. The van der Waals surface area contributed by atoms with Gasteiger partial charge in [0.15, 0.2) is 0 Å². The lowest BCUT2D eigenvalue weighted by molar-refractivity contribution is 0.0366. The number of pyridine rings is 1. The van der Waals surface area contributed by atoms with E-state index in [4.69, 9.17) is 9.36 Å². The van der Waals surface area contributed by atoms with Crippen molar-refractivity contribution in [3.8, 4) is 0 Å². The minimum absolute atomic E-state index is 0.289. The summed E-state index contributed by atoms with van der Waals surface area (Å²) in [7, 11) is 0. The summed E-state index contributed by atoms with van der Waals surface area (Å²) in [6.45, 7) is 4.02. The molecule has 0 aromatic carbocycles. The smallest absolute Gasteiger partial charge is 0.275 e. The number of rotatable bonds is 4. The summed E-state index contributed by atoms with van der Waals surface area (Å²) < 4.78 is 5.18. The molecule has 2 aromatic heterocycles. The molecule has 1 aliphatic carbocycles. The van der Waals surface area contributed by atoms with Crippen LogP contribution in [0.15, 0.2) is 10.6 Å². The third kappa shape index (κ3) is 2.19. The van der Waals surface area contributed by atoms with Crippen LogP contribution >= 0.6 is 0 Å². The summed E-state index contributed by atoms with van der Waals surface area (Å²) >= 11 is 0. The first kappa shape index (κ1) is 12.1. The van der Waals surface area contributed by atoms with Crippen molar-refractivity contribution in [3.63, 3.8) is 0 Å². The van der Waals surface area contributed by atoms with Crippen LogP contribution in [0.3, 0.4) is 0 Å². The lowest BCUT2D eigenvalue weighted by atomic mass is 10.1. The predicted octanol–water partition coefficient (Wildman–Crippen LogP) is 2.09. The van der Waals surface area contributed by atoms with Gasteiger partial charge in [0, 0.05) is 11.6 Å². The van der Waals surface area contributed by atoms with Gasteiger partial charge < -0.3 is 4.52 Å². The highest BCUT2D eigenvalue weighted by molar-refractivity contribution is 6.05. The molecule has 0 spiro atoms. The summed E-state index contributed by atoms with van der Waals surface area (Å²) in [5.74, 6) is 0.149. The van der Waals surface area contributed by atoms with Crippen LogP contribution in [-0.4, -0.2) is 22.7 Å². The van der Waals surface area contributed by atoms with Gasteiger partial charge in [-0.05, 0) is 32.8 Å². The Morgan fingerprint density at radius 3 is 3.05 bits per heavy atom. The van der Waals surface area contributed by atoms with Gasteiger partial charge in [0.05, 0.1) is 23.3 Å². The van der Waals surface area contributed by atoms with Gasteiger partial charge in [-0.2, -0.15) is 0 Å². The Morgan fingerprint density at radius 1 is 1.58 bits per heavy atom. The number of hydrogen-bond acceptors (Lipinski definition) is 5. The molecule has 0 unspecified atom stereocenters. The van der Waals surface area contributed by atoms with Gasteiger partial charge >= 0.3 is 0 Å². The molecule has 1 aliphatic rings. The molecule has 0 saturated heterocycles. The summed E-state index contributed by atoms with van der Waals surface area (Å²) in [5, 5.41) is 4.54. The highest BCUT2D eigenvalue weighted by Crippen LogP contribution is 2.40. The molecule has 0 bridgehead atoms. The first-order chi connectivity index (χ1) is 9.20. The molecular formula is C13H15N3O3. The van der Waals surface area contributed by atoms with E-state index < -0.39 is 0 Å². The first-order valence-electron chi connectivity index (χ1n) is 6.39. The van der Waals surface area contributed by atoms with Crippen LogP contribution in [0.1, 0.15) is 47.4 Å². The molecule has 6 nitrogen and oxygen atoms in total. The summed E-state index contributed by atoms with van der Waals surface area (Å²) in [6, 6.07) is 1.82. The lowest BCUT2D eigenvalue weighted by Crippen LogP contribution is -2.24. The van der Waals surface area contributed by atoms with Crippen molar-refractivity contribution < 1.29 is 14.2 Å². The number of aryl methyl sites for hydroxylation is 1. The number of nitrogens with one attached hydrogen (secondary N) is 1.